The molecule has 8 nitrogen and oxygen atoms in total. The summed E-state index contributed by atoms with van der Waals surface area (Å²) in [6, 6.07) is 18.1. The Hall–Kier alpha value is -4.01. The summed E-state index contributed by atoms with van der Waals surface area (Å²) < 4.78 is 17.3. The topological polar surface area (TPSA) is 106 Å². The predicted octanol–water partition coefficient (Wildman–Crippen LogP) is 5.91. The molecule has 1 atom stereocenters. The molecule has 0 saturated carbocycles. The van der Waals surface area contributed by atoms with Gasteiger partial charge in [0.1, 0.15) is 18.1 Å². The normalized spacial score (nSPS) is 16.2. The molecule has 216 valence electrons. The van der Waals surface area contributed by atoms with E-state index in [1.54, 1.807) is 48.5 Å². The minimum Gasteiger partial charge on any atom is -0.507 e. The number of amides is 1. The molecule has 0 spiro atoms. The van der Waals surface area contributed by atoms with E-state index < -0.39 is 17.7 Å². The summed E-state index contributed by atoms with van der Waals surface area (Å²) in [6.07, 6.45) is 3.01. The molecule has 41 heavy (non-hydrogen) atoms. The monoisotopic (exact) mass is 579 g/mol. The first-order chi connectivity index (χ1) is 19.9. The number of carbonyl (C=O) groups excluding carboxylic acids is 2. The first-order valence-electron chi connectivity index (χ1n) is 13.6. The Labute approximate surface area is 244 Å². The van der Waals surface area contributed by atoms with Crippen LogP contribution < -0.4 is 14.2 Å². The molecule has 3 aromatic rings. The highest BCUT2D eigenvalue weighted by Crippen LogP contribution is 2.42. The van der Waals surface area contributed by atoms with Crippen molar-refractivity contribution in [2.45, 2.75) is 38.8 Å². The lowest BCUT2D eigenvalue weighted by atomic mass is 9.95. The van der Waals surface area contributed by atoms with Gasteiger partial charge in [-0.15, -0.1) is 0 Å². The summed E-state index contributed by atoms with van der Waals surface area (Å²) >= 11 is 6.23. The van der Waals surface area contributed by atoms with E-state index >= 15 is 0 Å². The van der Waals surface area contributed by atoms with Gasteiger partial charge in [-0.3, -0.25) is 9.59 Å². The summed E-state index contributed by atoms with van der Waals surface area (Å²) in [5, 5.41) is 21.7. The van der Waals surface area contributed by atoms with Gasteiger partial charge >= 0.3 is 0 Å². The largest absolute Gasteiger partial charge is 0.507 e. The number of halogens is 1. The highest BCUT2D eigenvalue weighted by molar-refractivity contribution is 6.46. The molecule has 1 fully saturated rings. The second kappa shape index (κ2) is 14.1. The number of hydrogen-bond acceptors (Lipinski definition) is 7. The Balaban J connectivity index is 1.69. The smallest absolute Gasteiger partial charge is 0.295 e. The number of benzene rings is 3. The number of ketones is 1. The van der Waals surface area contributed by atoms with E-state index in [2.05, 4.69) is 6.92 Å². The molecule has 2 N–H and O–H groups in total. The van der Waals surface area contributed by atoms with Crippen LogP contribution >= 0.6 is 11.6 Å². The second-order valence-corrected chi connectivity index (χ2v) is 10.00. The number of carbonyl (C=O) groups is 2. The summed E-state index contributed by atoms with van der Waals surface area (Å²) in [7, 11) is 1.51. The standard InChI is InChI=1S/C32H34ClNO7/c1-3-4-7-17-40-26-14-13-21(19-27(26)39-2)29-28(31(37)32(38)34(29)15-16-35)30(36)22-10-8-11-24(18-22)41-20-23-9-5-6-12-25(23)33/h5-6,8-14,18-19,29,35-36H,3-4,7,15-17,20H2,1-2H3/b30-28+. The molecule has 0 aliphatic carbocycles. The molecule has 3 aromatic carbocycles. The molecule has 1 heterocycles. The van der Waals surface area contributed by atoms with E-state index in [0.717, 1.165) is 24.8 Å². The van der Waals surface area contributed by atoms with Crippen molar-refractivity contribution in [3.8, 4) is 17.2 Å². The second-order valence-electron chi connectivity index (χ2n) is 9.59. The van der Waals surface area contributed by atoms with Crippen molar-refractivity contribution in [2.24, 2.45) is 0 Å². The highest BCUT2D eigenvalue weighted by Gasteiger charge is 2.46. The zero-order chi connectivity index (χ0) is 29.4. The number of β-amino-alcohol motifs (C(OH)–C–C–N with tert-alkyl or cyclic N) is 1. The number of ether oxygens (including phenoxy) is 3. The maximum atomic E-state index is 13.3. The number of nitrogens with zero attached hydrogens (tertiary/aromatic N) is 1. The van der Waals surface area contributed by atoms with Gasteiger partial charge in [0.25, 0.3) is 11.7 Å². The number of unbranched alkanes of at least 4 members (excludes halogenated alkanes) is 2. The van der Waals surface area contributed by atoms with E-state index in [4.69, 9.17) is 25.8 Å². The van der Waals surface area contributed by atoms with Crippen LogP contribution in [0.4, 0.5) is 0 Å². The van der Waals surface area contributed by atoms with Gasteiger partial charge in [-0.05, 0) is 42.3 Å². The number of rotatable bonds is 13. The van der Waals surface area contributed by atoms with Crippen LogP contribution in [0.3, 0.4) is 0 Å². The molecule has 1 unspecified atom stereocenters. The lowest BCUT2D eigenvalue weighted by molar-refractivity contribution is -0.140. The lowest BCUT2D eigenvalue weighted by Gasteiger charge is -2.25. The van der Waals surface area contributed by atoms with Crippen LogP contribution in [0.25, 0.3) is 5.76 Å². The maximum absolute atomic E-state index is 13.3. The number of aliphatic hydroxyl groups is 2. The molecule has 1 aliphatic heterocycles. The van der Waals surface area contributed by atoms with Crippen molar-refractivity contribution in [2.75, 3.05) is 26.9 Å². The first kappa shape index (κ1) is 30.0. The van der Waals surface area contributed by atoms with Gasteiger partial charge in [-0.2, -0.15) is 0 Å². The molecule has 4 rings (SSSR count). The van der Waals surface area contributed by atoms with Crippen LogP contribution in [0.5, 0.6) is 17.2 Å². The van der Waals surface area contributed by atoms with Gasteiger partial charge in [-0.1, -0.05) is 67.8 Å². The van der Waals surface area contributed by atoms with Crippen LogP contribution in [-0.2, 0) is 16.2 Å². The van der Waals surface area contributed by atoms with Crippen LogP contribution in [0.2, 0.25) is 5.02 Å². The predicted molar refractivity (Wildman–Crippen MR) is 156 cm³/mol. The minimum atomic E-state index is -0.946. The number of methoxy groups -OCH3 is 1. The van der Waals surface area contributed by atoms with Crippen LogP contribution in [-0.4, -0.2) is 53.7 Å². The van der Waals surface area contributed by atoms with Gasteiger partial charge in [0.05, 0.1) is 31.9 Å². The van der Waals surface area contributed by atoms with Crippen molar-refractivity contribution in [3.05, 3.63) is 94.0 Å². The summed E-state index contributed by atoms with van der Waals surface area (Å²) in [5.74, 6) is -0.589. The molecule has 9 heteroatoms. The zero-order valence-corrected chi connectivity index (χ0v) is 23.9. The van der Waals surface area contributed by atoms with Crippen molar-refractivity contribution in [1.82, 2.24) is 4.90 Å². The van der Waals surface area contributed by atoms with Gasteiger partial charge in [0, 0.05) is 22.7 Å². The van der Waals surface area contributed by atoms with Crippen molar-refractivity contribution >= 4 is 29.1 Å². The Morgan fingerprint density at radius 1 is 0.976 bits per heavy atom. The average molecular weight is 580 g/mol. The van der Waals surface area contributed by atoms with E-state index in [-0.39, 0.29) is 31.1 Å². The van der Waals surface area contributed by atoms with E-state index in [1.165, 1.54) is 12.0 Å². The van der Waals surface area contributed by atoms with Crippen molar-refractivity contribution < 1.29 is 34.0 Å². The van der Waals surface area contributed by atoms with E-state index in [1.807, 2.05) is 18.2 Å². The number of aliphatic hydroxyl groups excluding tert-OH is 2. The SMILES string of the molecule is CCCCCOc1ccc(C2/C(=C(\O)c3cccc(OCc4ccccc4Cl)c3)C(=O)C(=O)N2CCO)cc1OC. The molecule has 1 amide bonds. The molecule has 0 bridgehead atoms. The third kappa shape index (κ3) is 6.84. The van der Waals surface area contributed by atoms with Gasteiger partial charge in [0.2, 0.25) is 0 Å². The van der Waals surface area contributed by atoms with Crippen LogP contribution in [0, 0.1) is 0 Å². The van der Waals surface area contributed by atoms with Crippen molar-refractivity contribution in [1.29, 1.82) is 0 Å². The molecule has 1 aliphatic rings. The van der Waals surface area contributed by atoms with Gasteiger partial charge < -0.3 is 29.3 Å². The third-order valence-electron chi connectivity index (χ3n) is 6.85. The highest BCUT2D eigenvalue weighted by atomic mass is 35.5. The minimum absolute atomic E-state index is 0.0922. The molecule has 1 saturated heterocycles. The van der Waals surface area contributed by atoms with E-state index in [0.29, 0.717) is 40.0 Å². The van der Waals surface area contributed by atoms with E-state index in [9.17, 15) is 19.8 Å². The van der Waals surface area contributed by atoms with Crippen LogP contribution in [0.15, 0.2) is 72.3 Å². The Morgan fingerprint density at radius 2 is 1.78 bits per heavy atom. The summed E-state index contributed by atoms with van der Waals surface area (Å²) in [4.78, 5) is 27.5. The summed E-state index contributed by atoms with van der Waals surface area (Å²) in [5.41, 5.74) is 1.54. The molecular weight excluding hydrogens is 546 g/mol. The molecule has 0 aromatic heterocycles. The molecular formula is C32H34ClNO7. The average Bonchev–Trinajstić information content (AvgIpc) is 3.24. The Morgan fingerprint density at radius 3 is 2.51 bits per heavy atom. The number of hydrogen-bond donors (Lipinski definition) is 2. The summed E-state index contributed by atoms with van der Waals surface area (Å²) in [6.45, 7) is 2.40. The Kier molecular flexibility index (Phi) is 10.3. The maximum Gasteiger partial charge on any atom is 0.295 e. The fraction of sp³-hybridized carbons (Fsp3) is 0.312. The third-order valence-corrected chi connectivity index (χ3v) is 7.22. The van der Waals surface area contributed by atoms with Gasteiger partial charge in [0.15, 0.2) is 11.5 Å². The first-order valence-corrected chi connectivity index (χ1v) is 13.9. The quantitative estimate of drug-likeness (QED) is 0.112. The van der Waals surface area contributed by atoms with Gasteiger partial charge in [-0.25, -0.2) is 0 Å². The fourth-order valence-electron chi connectivity index (χ4n) is 4.74. The Bertz CT molecular complexity index is 1420. The molecule has 0 radical (unpaired) electrons. The number of likely N-dealkylation sites (tertiary alicyclic amines) is 1. The number of Topliss-reactive ketones (excluding diaryl/α,β-unsaturated/α-hetero) is 1. The van der Waals surface area contributed by atoms with Crippen molar-refractivity contribution in [3.63, 3.8) is 0 Å². The lowest BCUT2D eigenvalue weighted by Crippen LogP contribution is -2.32. The fourth-order valence-corrected chi connectivity index (χ4v) is 4.93. The zero-order valence-electron chi connectivity index (χ0n) is 23.1. The van der Waals surface area contributed by atoms with Crippen LogP contribution in [0.1, 0.15) is 48.9 Å².